The first-order valence-corrected chi connectivity index (χ1v) is 6.55. The summed E-state index contributed by atoms with van der Waals surface area (Å²) in [6.07, 6.45) is 2.25. The molecule has 0 aliphatic heterocycles. The number of nitrogens with zero attached hydrogens (tertiary/aromatic N) is 2. The summed E-state index contributed by atoms with van der Waals surface area (Å²) in [5.41, 5.74) is 1.63. The molecule has 1 atom stereocenters. The van der Waals surface area contributed by atoms with Crippen LogP contribution >= 0.6 is 0 Å². The molecule has 1 amide bonds. The molecule has 0 radical (unpaired) electrons. The molecule has 5 nitrogen and oxygen atoms in total. The van der Waals surface area contributed by atoms with Crippen LogP contribution < -0.4 is 10.1 Å². The van der Waals surface area contributed by atoms with Gasteiger partial charge >= 0.3 is 0 Å². The van der Waals surface area contributed by atoms with Crippen LogP contribution in [0.4, 0.5) is 5.69 Å². The van der Waals surface area contributed by atoms with Gasteiger partial charge in [0, 0.05) is 12.6 Å². The number of benzene rings is 1. The monoisotopic (exact) mass is 273 g/mol. The standard InChI is InChI=1S/C15H19N3O2/c1-11-8-9-18(17-11)12(2)10-15(19)16-13-6-4-5-7-14(13)20-3/h4-9,12H,10H2,1-3H3,(H,16,19)/t12-/m0/s1. The van der Waals surface area contributed by atoms with E-state index in [1.54, 1.807) is 11.8 Å². The third kappa shape index (κ3) is 3.38. The second kappa shape index (κ2) is 6.23. The van der Waals surface area contributed by atoms with Crippen LogP contribution in [0.3, 0.4) is 0 Å². The van der Waals surface area contributed by atoms with E-state index in [1.807, 2.05) is 50.4 Å². The fraction of sp³-hybridized carbons (Fsp3) is 0.333. The molecular formula is C15H19N3O2. The Labute approximate surface area is 118 Å². The average Bonchev–Trinajstić information content (AvgIpc) is 2.86. The van der Waals surface area contributed by atoms with Crippen molar-refractivity contribution in [3.05, 3.63) is 42.2 Å². The zero-order valence-electron chi connectivity index (χ0n) is 12.0. The lowest BCUT2D eigenvalue weighted by Crippen LogP contribution is -2.18. The highest BCUT2D eigenvalue weighted by molar-refractivity contribution is 5.92. The van der Waals surface area contributed by atoms with E-state index in [4.69, 9.17) is 4.74 Å². The number of carbonyl (C=O) groups excluding carboxylic acids is 1. The Hall–Kier alpha value is -2.30. The first-order chi connectivity index (χ1) is 9.60. The summed E-state index contributed by atoms with van der Waals surface area (Å²) in [7, 11) is 1.58. The van der Waals surface area contributed by atoms with Crippen molar-refractivity contribution in [3.8, 4) is 5.75 Å². The number of aryl methyl sites for hydroxylation is 1. The van der Waals surface area contributed by atoms with Gasteiger partial charge in [-0.2, -0.15) is 5.10 Å². The Morgan fingerprint density at radius 3 is 2.80 bits per heavy atom. The molecule has 1 aromatic carbocycles. The van der Waals surface area contributed by atoms with Crippen molar-refractivity contribution in [2.45, 2.75) is 26.3 Å². The highest BCUT2D eigenvalue weighted by Gasteiger charge is 2.13. The number of hydrogen-bond donors (Lipinski definition) is 1. The van der Waals surface area contributed by atoms with Crippen LogP contribution in [0, 0.1) is 6.92 Å². The summed E-state index contributed by atoms with van der Waals surface area (Å²) in [4.78, 5) is 12.1. The molecule has 0 saturated carbocycles. The average molecular weight is 273 g/mol. The maximum Gasteiger partial charge on any atom is 0.226 e. The van der Waals surface area contributed by atoms with Gasteiger partial charge in [-0.25, -0.2) is 0 Å². The molecule has 5 heteroatoms. The van der Waals surface area contributed by atoms with E-state index < -0.39 is 0 Å². The van der Waals surface area contributed by atoms with E-state index in [-0.39, 0.29) is 11.9 Å². The molecule has 1 N–H and O–H groups in total. The minimum Gasteiger partial charge on any atom is -0.495 e. The lowest BCUT2D eigenvalue weighted by atomic mass is 10.2. The molecule has 0 aliphatic carbocycles. The molecule has 2 rings (SSSR count). The molecule has 1 aromatic heterocycles. The van der Waals surface area contributed by atoms with Crippen LogP contribution in [0.15, 0.2) is 36.5 Å². The van der Waals surface area contributed by atoms with Crippen LogP contribution in [0.25, 0.3) is 0 Å². The van der Waals surface area contributed by atoms with Crippen molar-refractivity contribution in [3.63, 3.8) is 0 Å². The number of amides is 1. The summed E-state index contributed by atoms with van der Waals surface area (Å²) in [5, 5.41) is 7.18. The molecular weight excluding hydrogens is 254 g/mol. The normalized spacial score (nSPS) is 11.9. The van der Waals surface area contributed by atoms with Gasteiger partial charge in [0.1, 0.15) is 5.75 Å². The molecule has 0 fully saturated rings. The van der Waals surface area contributed by atoms with Gasteiger partial charge in [-0.15, -0.1) is 0 Å². The number of nitrogens with one attached hydrogen (secondary N) is 1. The molecule has 2 aromatic rings. The molecule has 0 bridgehead atoms. The predicted molar refractivity (Wildman–Crippen MR) is 77.9 cm³/mol. The number of methoxy groups -OCH3 is 1. The van der Waals surface area contributed by atoms with Crippen LogP contribution in [-0.4, -0.2) is 22.8 Å². The number of ether oxygens (including phenoxy) is 1. The molecule has 0 aliphatic rings. The highest BCUT2D eigenvalue weighted by atomic mass is 16.5. The molecule has 0 unspecified atom stereocenters. The second-order valence-electron chi connectivity index (χ2n) is 4.74. The zero-order valence-corrected chi connectivity index (χ0v) is 12.0. The van der Waals surface area contributed by atoms with Gasteiger partial charge in [0.25, 0.3) is 0 Å². The van der Waals surface area contributed by atoms with Crippen LogP contribution in [-0.2, 0) is 4.79 Å². The number of aromatic nitrogens is 2. The quantitative estimate of drug-likeness (QED) is 0.911. The van der Waals surface area contributed by atoms with Gasteiger partial charge in [-0.1, -0.05) is 12.1 Å². The third-order valence-electron chi connectivity index (χ3n) is 3.06. The summed E-state index contributed by atoms with van der Waals surface area (Å²) in [5.74, 6) is 0.596. The maximum absolute atomic E-state index is 12.1. The Kier molecular flexibility index (Phi) is 4.40. The van der Waals surface area contributed by atoms with Gasteiger partial charge in [0.05, 0.1) is 24.5 Å². The van der Waals surface area contributed by atoms with Crippen LogP contribution in [0.1, 0.15) is 25.1 Å². The number of anilines is 1. The van der Waals surface area contributed by atoms with E-state index in [0.717, 1.165) is 5.69 Å². The SMILES string of the molecule is COc1ccccc1NC(=O)C[C@H](C)n1ccc(C)n1. The van der Waals surface area contributed by atoms with Crippen molar-refractivity contribution in [1.82, 2.24) is 9.78 Å². The Balaban J connectivity index is 1.98. The predicted octanol–water partition coefficient (Wildman–Crippen LogP) is 2.79. The smallest absolute Gasteiger partial charge is 0.226 e. The molecule has 0 saturated heterocycles. The van der Waals surface area contributed by atoms with Crippen molar-refractivity contribution in [1.29, 1.82) is 0 Å². The summed E-state index contributed by atoms with van der Waals surface area (Å²) in [6, 6.07) is 9.30. The molecule has 1 heterocycles. The number of para-hydroxylation sites is 2. The molecule has 20 heavy (non-hydrogen) atoms. The molecule has 0 spiro atoms. The molecule has 106 valence electrons. The zero-order chi connectivity index (χ0) is 14.5. The minimum absolute atomic E-state index is 0.0124. The highest BCUT2D eigenvalue weighted by Crippen LogP contribution is 2.23. The van der Waals surface area contributed by atoms with Crippen LogP contribution in [0.5, 0.6) is 5.75 Å². The first kappa shape index (κ1) is 14.1. The first-order valence-electron chi connectivity index (χ1n) is 6.55. The number of hydrogen-bond acceptors (Lipinski definition) is 3. The van der Waals surface area contributed by atoms with Crippen LogP contribution in [0.2, 0.25) is 0 Å². The van der Waals surface area contributed by atoms with E-state index in [1.165, 1.54) is 0 Å². The Morgan fingerprint density at radius 1 is 1.40 bits per heavy atom. The van der Waals surface area contributed by atoms with Crippen molar-refractivity contribution < 1.29 is 9.53 Å². The van der Waals surface area contributed by atoms with Gasteiger partial charge in [0.2, 0.25) is 5.91 Å². The van der Waals surface area contributed by atoms with E-state index >= 15 is 0 Å². The van der Waals surface area contributed by atoms with Gasteiger partial charge in [0.15, 0.2) is 0 Å². The van der Waals surface area contributed by atoms with Crippen molar-refractivity contribution >= 4 is 11.6 Å². The fourth-order valence-electron chi connectivity index (χ4n) is 1.99. The van der Waals surface area contributed by atoms with E-state index in [9.17, 15) is 4.79 Å². The Morgan fingerprint density at radius 2 is 2.15 bits per heavy atom. The van der Waals surface area contributed by atoms with E-state index in [2.05, 4.69) is 10.4 Å². The summed E-state index contributed by atoms with van der Waals surface area (Å²) < 4.78 is 7.01. The topological polar surface area (TPSA) is 56.1 Å². The summed E-state index contributed by atoms with van der Waals surface area (Å²) >= 11 is 0. The maximum atomic E-state index is 12.1. The van der Waals surface area contributed by atoms with Gasteiger partial charge < -0.3 is 10.1 Å². The van der Waals surface area contributed by atoms with Crippen molar-refractivity contribution in [2.75, 3.05) is 12.4 Å². The lowest BCUT2D eigenvalue weighted by molar-refractivity contribution is -0.116. The third-order valence-corrected chi connectivity index (χ3v) is 3.06. The fourth-order valence-corrected chi connectivity index (χ4v) is 1.99. The van der Waals surface area contributed by atoms with Gasteiger partial charge in [-0.05, 0) is 32.0 Å². The largest absolute Gasteiger partial charge is 0.495 e. The minimum atomic E-state index is -0.0600. The number of rotatable bonds is 5. The van der Waals surface area contributed by atoms with E-state index in [0.29, 0.717) is 17.9 Å². The van der Waals surface area contributed by atoms with Gasteiger partial charge in [-0.3, -0.25) is 9.48 Å². The van der Waals surface area contributed by atoms with Crippen molar-refractivity contribution in [2.24, 2.45) is 0 Å². The second-order valence-corrected chi connectivity index (χ2v) is 4.74. The lowest BCUT2D eigenvalue weighted by Gasteiger charge is -2.13. The Bertz CT molecular complexity index is 592. The number of carbonyl (C=O) groups is 1. The summed E-state index contributed by atoms with van der Waals surface area (Å²) in [6.45, 7) is 3.90.